The summed E-state index contributed by atoms with van der Waals surface area (Å²) in [4.78, 5) is 18.5. The normalized spacial score (nSPS) is 15.4. The highest BCUT2D eigenvalue weighted by Gasteiger charge is 2.26. The highest BCUT2D eigenvalue weighted by Crippen LogP contribution is 2.30. The van der Waals surface area contributed by atoms with Crippen molar-refractivity contribution in [1.82, 2.24) is 24.8 Å². The smallest absolute Gasteiger partial charge is 0.188 e. The zero-order valence-corrected chi connectivity index (χ0v) is 18.2. The topological polar surface area (TPSA) is 45.2 Å². The van der Waals surface area contributed by atoms with E-state index in [0.29, 0.717) is 11.9 Å². The van der Waals surface area contributed by atoms with Gasteiger partial charge in [0.15, 0.2) is 10.8 Å². The number of hydrogen-bond donors (Lipinski definition) is 0. The van der Waals surface area contributed by atoms with Crippen molar-refractivity contribution < 1.29 is 0 Å². The molecule has 6 heteroatoms. The number of aromatic nitrogens is 3. The predicted molar refractivity (Wildman–Crippen MR) is 125 cm³/mol. The van der Waals surface area contributed by atoms with Crippen LogP contribution in [0.1, 0.15) is 22.9 Å². The van der Waals surface area contributed by atoms with Gasteiger partial charge in [-0.25, -0.2) is 15.0 Å². The van der Waals surface area contributed by atoms with Crippen molar-refractivity contribution >= 4 is 11.3 Å². The Morgan fingerprint density at radius 3 is 2.00 bits per heavy atom. The van der Waals surface area contributed by atoms with Crippen LogP contribution in [0.3, 0.4) is 0 Å². The fourth-order valence-corrected chi connectivity index (χ4v) is 4.94. The molecule has 5 nitrogen and oxygen atoms in total. The van der Waals surface area contributed by atoms with Gasteiger partial charge in [0, 0.05) is 50.5 Å². The second-order valence-electron chi connectivity index (χ2n) is 7.75. The Kier molecular flexibility index (Phi) is 6.11. The summed E-state index contributed by atoms with van der Waals surface area (Å²) < 4.78 is 0. The van der Waals surface area contributed by atoms with Gasteiger partial charge >= 0.3 is 0 Å². The average molecular weight is 428 g/mol. The Balaban J connectivity index is 1.26. The third-order valence-electron chi connectivity index (χ3n) is 5.70. The molecule has 156 valence electrons. The molecule has 0 radical (unpaired) electrons. The van der Waals surface area contributed by atoms with Crippen molar-refractivity contribution in [2.24, 2.45) is 0 Å². The Labute approximate surface area is 187 Å². The van der Waals surface area contributed by atoms with Crippen molar-refractivity contribution in [2.75, 3.05) is 26.2 Å². The maximum absolute atomic E-state index is 4.76. The third-order valence-corrected chi connectivity index (χ3v) is 6.58. The first-order chi connectivity index (χ1) is 15.4. The van der Waals surface area contributed by atoms with Gasteiger partial charge in [0.05, 0.1) is 11.7 Å². The molecule has 1 saturated heterocycles. The SMILES string of the molecule is c1ccc(C(c2ccccc2)N2CCN(Cc3csc(-c4ncccn4)n3)CC2)cc1. The Hall–Kier alpha value is -2.93. The van der Waals surface area contributed by atoms with Gasteiger partial charge in [-0.3, -0.25) is 9.80 Å². The summed E-state index contributed by atoms with van der Waals surface area (Å²) in [6, 6.07) is 23.8. The summed E-state index contributed by atoms with van der Waals surface area (Å²) >= 11 is 1.62. The Bertz CT molecular complexity index is 1040. The van der Waals surface area contributed by atoms with Crippen LogP contribution in [0.15, 0.2) is 84.5 Å². The van der Waals surface area contributed by atoms with Crippen LogP contribution in [0.5, 0.6) is 0 Å². The van der Waals surface area contributed by atoms with Crippen molar-refractivity contribution in [3.8, 4) is 10.8 Å². The third kappa shape index (κ3) is 4.71. The monoisotopic (exact) mass is 427 g/mol. The largest absolute Gasteiger partial charge is 0.295 e. The molecule has 5 rings (SSSR count). The minimum absolute atomic E-state index is 0.297. The number of nitrogens with zero attached hydrogens (tertiary/aromatic N) is 5. The second kappa shape index (κ2) is 9.47. The lowest BCUT2D eigenvalue weighted by Gasteiger charge is -2.39. The minimum atomic E-state index is 0.297. The molecule has 1 fully saturated rings. The van der Waals surface area contributed by atoms with Gasteiger partial charge in [-0.2, -0.15) is 0 Å². The molecule has 0 saturated carbocycles. The number of hydrogen-bond acceptors (Lipinski definition) is 6. The summed E-state index contributed by atoms with van der Waals surface area (Å²) in [5, 5.41) is 3.02. The van der Waals surface area contributed by atoms with E-state index in [-0.39, 0.29) is 0 Å². The van der Waals surface area contributed by atoms with Crippen LogP contribution in [-0.2, 0) is 6.54 Å². The standard InChI is InChI=1S/C25H25N5S/c1-3-8-20(9-4-1)23(21-10-5-2-6-11-21)30-16-14-29(15-17-30)18-22-19-31-25(28-22)24-26-12-7-13-27-24/h1-13,19,23H,14-18H2. The lowest BCUT2D eigenvalue weighted by Crippen LogP contribution is -2.47. The van der Waals surface area contributed by atoms with Gasteiger partial charge in [-0.05, 0) is 17.2 Å². The molecular weight excluding hydrogens is 402 g/mol. The van der Waals surface area contributed by atoms with Crippen LogP contribution >= 0.6 is 11.3 Å². The molecule has 0 atom stereocenters. The maximum Gasteiger partial charge on any atom is 0.188 e. The van der Waals surface area contributed by atoms with Crippen LogP contribution in [-0.4, -0.2) is 50.9 Å². The van der Waals surface area contributed by atoms with Gasteiger partial charge in [-0.1, -0.05) is 60.7 Å². The van der Waals surface area contributed by atoms with Crippen LogP contribution < -0.4 is 0 Å². The molecule has 0 N–H and O–H groups in total. The van der Waals surface area contributed by atoms with E-state index >= 15 is 0 Å². The maximum atomic E-state index is 4.76. The molecule has 2 aromatic heterocycles. The number of thiazole rings is 1. The molecule has 1 aliphatic rings. The summed E-state index contributed by atoms with van der Waals surface area (Å²) in [5.41, 5.74) is 3.81. The Morgan fingerprint density at radius 1 is 0.774 bits per heavy atom. The van der Waals surface area contributed by atoms with E-state index in [1.165, 1.54) is 11.1 Å². The molecule has 3 heterocycles. The number of piperazine rings is 1. The van der Waals surface area contributed by atoms with Crippen LogP contribution in [0.25, 0.3) is 10.8 Å². The Morgan fingerprint density at radius 2 is 1.39 bits per heavy atom. The average Bonchev–Trinajstić information content (AvgIpc) is 3.31. The highest BCUT2D eigenvalue weighted by molar-refractivity contribution is 7.13. The van der Waals surface area contributed by atoms with Gasteiger partial charge in [0.2, 0.25) is 0 Å². The van der Waals surface area contributed by atoms with Gasteiger partial charge in [0.25, 0.3) is 0 Å². The van der Waals surface area contributed by atoms with E-state index in [9.17, 15) is 0 Å². The van der Waals surface area contributed by atoms with E-state index in [0.717, 1.165) is 43.4 Å². The fourth-order valence-electron chi connectivity index (χ4n) is 4.19. The van der Waals surface area contributed by atoms with E-state index in [4.69, 9.17) is 4.98 Å². The van der Waals surface area contributed by atoms with Gasteiger partial charge in [0.1, 0.15) is 0 Å². The van der Waals surface area contributed by atoms with Crippen LogP contribution in [0, 0.1) is 0 Å². The molecule has 0 amide bonds. The molecule has 4 aromatic rings. The quantitative estimate of drug-likeness (QED) is 0.453. The van der Waals surface area contributed by atoms with E-state index < -0.39 is 0 Å². The second-order valence-corrected chi connectivity index (χ2v) is 8.61. The molecule has 1 aliphatic heterocycles. The lowest BCUT2D eigenvalue weighted by molar-refractivity contribution is 0.104. The van der Waals surface area contributed by atoms with Crippen molar-refractivity contribution in [1.29, 1.82) is 0 Å². The first-order valence-corrected chi connectivity index (χ1v) is 11.5. The van der Waals surface area contributed by atoms with Gasteiger partial charge < -0.3 is 0 Å². The zero-order valence-electron chi connectivity index (χ0n) is 17.3. The fraction of sp³-hybridized carbons (Fsp3) is 0.240. The number of rotatable bonds is 6. The molecule has 2 aromatic carbocycles. The first-order valence-electron chi connectivity index (χ1n) is 10.6. The summed E-state index contributed by atoms with van der Waals surface area (Å²) in [7, 11) is 0. The molecule has 31 heavy (non-hydrogen) atoms. The zero-order chi connectivity index (χ0) is 20.9. The summed E-state index contributed by atoms with van der Waals surface area (Å²) in [6.07, 6.45) is 3.52. The number of benzene rings is 2. The summed E-state index contributed by atoms with van der Waals surface area (Å²) in [6.45, 7) is 5.01. The van der Waals surface area contributed by atoms with Crippen molar-refractivity contribution in [3.05, 3.63) is 101 Å². The molecule has 0 bridgehead atoms. The van der Waals surface area contributed by atoms with Crippen LogP contribution in [0.2, 0.25) is 0 Å². The molecular formula is C25H25N5S. The predicted octanol–water partition coefficient (Wildman–Crippen LogP) is 4.51. The van der Waals surface area contributed by atoms with Crippen molar-refractivity contribution in [2.45, 2.75) is 12.6 Å². The van der Waals surface area contributed by atoms with E-state index in [1.807, 2.05) is 6.07 Å². The van der Waals surface area contributed by atoms with Gasteiger partial charge in [-0.15, -0.1) is 11.3 Å². The molecule has 0 aliphatic carbocycles. The van der Waals surface area contributed by atoms with E-state index in [1.54, 1.807) is 23.7 Å². The highest BCUT2D eigenvalue weighted by atomic mass is 32.1. The lowest BCUT2D eigenvalue weighted by atomic mass is 9.96. The van der Waals surface area contributed by atoms with Crippen molar-refractivity contribution in [3.63, 3.8) is 0 Å². The molecule has 0 unspecified atom stereocenters. The van der Waals surface area contributed by atoms with E-state index in [2.05, 4.69) is 85.8 Å². The molecule has 0 spiro atoms. The summed E-state index contributed by atoms with van der Waals surface area (Å²) in [5.74, 6) is 0.706. The van der Waals surface area contributed by atoms with Crippen LogP contribution in [0.4, 0.5) is 0 Å². The first kappa shape index (κ1) is 20.0. The minimum Gasteiger partial charge on any atom is -0.295 e.